The molecule has 1 fully saturated rings. The van der Waals surface area contributed by atoms with Gasteiger partial charge in [0.2, 0.25) is 0 Å². The van der Waals surface area contributed by atoms with Crippen LogP contribution in [0.15, 0.2) is 67.3 Å². The Hall–Kier alpha value is -2.56. The zero-order chi connectivity index (χ0) is 17.8. The third kappa shape index (κ3) is 3.66. The van der Waals surface area contributed by atoms with Gasteiger partial charge in [-0.2, -0.15) is 0 Å². The van der Waals surface area contributed by atoms with Crippen LogP contribution in [0, 0.1) is 0 Å². The molecule has 2 aromatic carbocycles. The summed E-state index contributed by atoms with van der Waals surface area (Å²) in [6.07, 6.45) is 5.23. The maximum absolute atomic E-state index is 5.45. The Bertz CT molecular complexity index is 826. The van der Waals surface area contributed by atoms with E-state index in [2.05, 4.69) is 70.3 Å². The number of benzene rings is 2. The molecule has 0 saturated carbocycles. The SMILES string of the molecule is CC(c1ccc(-c2ccc(-c3cncnc3)cc2)cc1)N1CCOCC1. The Morgan fingerprint density at radius 2 is 1.27 bits per heavy atom. The van der Waals surface area contributed by atoms with Gasteiger partial charge in [-0.25, -0.2) is 9.97 Å². The standard InChI is InChI=1S/C22H23N3O/c1-17(25-10-12-26-13-11-25)18-2-4-19(5-3-18)20-6-8-21(9-7-20)22-14-23-16-24-15-22/h2-9,14-17H,10-13H2,1H3. The molecule has 2 heterocycles. The van der Waals surface area contributed by atoms with Crippen LogP contribution in [0.25, 0.3) is 22.3 Å². The Morgan fingerprint density at radius 1 is 0.769 bits per heavy atom. The van der Waals surface area contributed by atoms with Crippen LogP contribution >= 0.6 is 0 Å². The molecule has 132 valence electrons. The van der Waals surface area contributed by atoms with E-state index >= 15 is 0 Å². The first-order chi connectivity index (χ1) is 12.8. The molecule has 1 atom stereocenters. The Balaban J connectivity index is 1.50. The fraction of sp³-hybridized carbons (Fsp3) is 0.273. The van der Waals surface area contributed by atoms with Gasteiger partial charge in [0.25, 0.3) is 0 Å². The van der Waals surface area contributed by atoms with E-state index in [9.17, 15) is 0 Å². The van der Waals surface area contributed by atoms with Gasteiger partial charge >= 0.3 is 0 Å². The summed E-state index contributed by atoms with van der Waals surface area (Å²) < 4.78 is 5.45. The van der Waals surface area contributed by atoms with E-state index in [1.54, 1.807) is 6.33 Å². The topological polar surface area (TPSA) is 38.2 Å². The minimum absolute atomic E-state index is 0.424. The van der Waals surface area contributed by atoms with Crippen LogP contribution in [0.1, 0.15) is 18.5 Å². The number of nitrogens with zero attached hydrogens (tertiary/aromatic N) is 3. The van der Waals surface area contributed by atoms with Gasteiger partial charge in [-0.15, -0.1) is 0 Å². The van der Waals surface area contributed by atoms with Crippen molar-refractivity contribution in [3.8, 4) is 22.3 Å². The predicted octanol–water partition coefficient (Wildman–Crippen LogP) is 4.20. The van der Waals surface area contributed by atoms with E-state index in [0.717, 1.165) is 37.4 Å². The average molecular weight is 345 g/mol. The van der Waals surface area contributed by atoms with Crippen molar-refractivity contribution in [1.82, 2.24) is 14.9 Å². The fourth-order valence-corrected chi connectivity index (χ4v) is 3.43. The quantitative estimate of drug-likeness (QED) is 0.710. The Labute approximate surface area is 154 Å². The predicted molar refractivity (Wildman–Crippen MR) is 104 cm³/mol. The van der Waals surface area contributed by atoms with Crippen molar-refractivity contribution in [3.05, 3.63) is 72.8 Å². The van der Waals surface area contributed by atoms with Gasteiger partial charge in [0, 0.05) is 37.1 Å². The number of ether oxygens (including phenoxy) is 1. The molecule has 1 saturated heterocycles. The number of rotatable bonds is 4. The third-order valence-electron chi connectivity index (χ3n) is 5.10. The highest BCUT2D eigenvalue weighted by molar-refractivity contribution is 5.69. The summed E-state index contributed by atoms with van der Waals surface area (Å²) in [5, 5.41) is 0. The second-order valence-electron chi connectivity index (χ2n) is 6.65. The van der Waals surface area contributed by atoms with Gasteiger partial charge in [-0.1, -0.05) is 48.5 Å². The van der Waals surface area contributed by atoms with Crippen LogP contribution in [0.4, 0.5) is 0 Å². The molecule has 0 bridgehead atoms. The molecule has 0 spiro atoms. The monoisotopic (exact) mass is 345 g/mol. The second-order valence-corrected chi connectivity index (χ2v) is 6.65. The molecule has 1 aliphatic heterocycles. The van der Waals surface area contributed by atoms with Gasteiger partial charge in [0.05, 0.1) is 13.2 Å². The van der Waals surface area contributed by atoms with E-state index in [1.807, 2.05) is 12.4 Å². The number of aromatic nitrogens is 2. The summed E-state index contributed by atoms with van der Waals surface area (Å²) in [4.78, 5) is 10.6. The van der Waals surface area contributed by atoms with Crippen LogP contribution < -0.4 is 0 Å². The highest BCUT2D eigenvalue weighted by atomic mass is 16.5. The first kappa shape index (κ1) is 16.9. The van der Waals surface area contributed by atoms with Crippen molar-refractivity contribution in [2.24, 2.45) is 0 Å². The van der Waals surface area contributed by atoms with Gasteiger partial charge in [0.15, 0.2) is 0 Å². The van der Waals surface area contributed by atoms with Crippen molar-refractivity contribution in [1.29, 1.82) is 0 Å². The zero-order valence-corrected chi connectivity index (χ0v) is 15.0. The first-order valence-electron chi connectivity index (χ1n) is 9.09. The van der Waals surface area contributed by atoms with Crippen molar-refractivity contribution >= 4 is 0 Å². The summed E-state index contributed by atoms with van der Waals surface area (Å²) in [7, 11) is 0. The molecule has 26 heavy (non-hydrogen) atoms. The molecule has 4 rings (SSSR count). The summed E-state index contributed by atoms with van der Waals surface area (Å²) in [6.45, 7) is 5.96. The van der Waals surface area contributed by atoms with Crippen LogP contribution in [0.3, 0.4) is 0 Å². The van der Waals surface area contributed by atoms with Gasteiger partial charge < -0.3 is 4.74 Å². The average Bonchev–Trinajstić information content (AvgIpc) is 2.75. The Kier molecular flexibility index (Phi) is 5.04. The molecule has 3 aromatic rings. The maximum Gasteiger partial charge on any atom is 0.115 e. The van der Waals surface area contributed by atoms with Crippen molar-refractivity contribution in [2.75, 3.05) is 26.3 Å². The molecule has 0 N–H and O–H groups in total. The zero-order valence-electron chi connectivity index (χ0n) is 15.0. The van der Waals surface area contributed by atoms with Crippen LogP contribution in [0.2, 0.25) is 0 Å². The first-order valence-corrected chi connectivity index (χ1v) is 9.09. The van der Waals surface area contributed by atoms with Gasteiger partial charge in [0.1, 0.15) is 6.33 Å². The van der Waals surface area contributed by atoms with E-state index in [-0.39, 0.29) is 0 Å². The van der Waals surface area contributed by atoms with Crippen LogP contribution in [-0.4, -0.2) is 41.2 Å². The summed E-state index contributed by atoms with van der Waals surface area (Å²) in [5.41, 5.74) is 5.98. The molecule has 0 amide bonds. The van der Waals surface area contributed by atoms with Crippen molar-refractivity contribution in [2.45, 2.75) is 13.0 Å². The summed E-state index contributed by atoms with van der Waals surface area (Å²) in [5.74, 6) is 0. The lowest BCUT2D eigenvalue weighted by atomic mass is 9.99. The van der Waals surface area contributed by atoms with Crippen LogP contribution in [-0.2, 0) is 4.74 Å². The van der Waals surface area contributed by atoms with E-state index < -0.39 is 0 Å². The number of hydrogen-bond acceptors (Lipinski definition) is 4. The minimum atomic E-state index is 0.424. The summed E-state index contributed by atoms with van der Waals surface area (Å²) in [6, 6.07) is 17.9. The molecule has 1 aromatic heterocycles. The molecule has 4 heteroatoms. The van der Waals surface area contributed by atoms with E-state index in [4.69, 9.17) is 4.74 Å². The molecule has 0 aliphatic carbocycles. The smallest absolute Gasteiger partial charge is 0.115 e. The normalized spacial score (nSPS) is 16.3. The molecular weight excluding hydrogens is 322 g/mol. The van der Waals surface area contributed by atoms with E-state index in [1.165, 1.54) is 16.7 Å². The maximum atomic E-state index is 5.45. The lowest BCUT2D eigenvalue weighted by Crippen LogP contribution is -2.37. The highest BCUT2D eigenvalue weighted by Crippen LogP contribution is 2.27. The Morgan fingerprint density at radius 3 is 1.85 bits per heavy atom. The lowest BCUT2D eigenvalue weighted by molar-refractivity contribution is 0.0198. The molecular formula is C22H23N3O. The molecule has 0 radical (unpaired) electrons. The van der Waals surface area contributed by atoms with Gasteiger partial charge in [-0.05, 0) is 29.2 Å². The lowest BCUT2D eigenvalue weighted by Gasteiger charge is -2.32. The molecule has 1 aliphatic rings. The second kappa shape index (κ2) is 7.77. The fourth-order valence-electron chi connectivity index (χ4n) is 3.43. The van der Waals surface area contributed by atoms with Crippen molar-refractivity contribution in [3.63, 3.8) is 0 Å². The highest BCUT2D eigenvalue weighted by Gasteiger charge is 2.18. The molecule has 4 nitrogen and oxygen atoms in total. The largest absolute Gasteiger partial charge is 0.379 e. The van der Waals surface area contributed by atoms with E-state index in [0.29, 0.717) is 6.04 Å². The third-order valence-corrected chi connectivity index (χ3v) is 5.10. The van der Waals surface area contributed by atoms with Gasteiger partial charge in [-0.3, -0.25) is 4.90 Å². The number of morpholine rings is 1. The minimum Gasteiger partial charge on any atom is -0.379 e. The number of hydrogen-bond donors (Lipinski definition) is 0. The molecule has 1 unspecified atom stereocenters. The van der Waals surface area contributed by atoms with Crippen LogP contribution in [0.5, 0.6) is 0 Å². The summed E-state index contributed by atoms with van der Waals surface area (Å²) >= 11 is 0. The van der Waals surface area contributed by atoms with Crippen molar-refractivity contribution < 1.29 is 4.74 Å².